The summed E-state index contributed by atoms with van der Waals surface area (Å²) in [5.41, 5.74) is 1.80. The Hall–Kier alpha value is -6.53. The highest BCUT2D eigenvalue weighted by Gasteiger charge is 2.41. The summed E-state index contributed by atoms with van der Waals surface area (Å²) >= 11 is 0. The summed E-state index contributed by atoms with van der Waals surface area (Å²) in [7, 11) is 0. The molecule has 0 bridgehead atoms. The van der Waals surface area contributed by atoms with Gasteiger partial charge in [-0.1, -0.05) is 18.7 Å². The minimum atomic E-state index is -2.29. The lowest BCUT2D eigenvalue weighted by Gasteiger charge is -2.34. The molecule has 56 heavy (non-hydrogen) atoms. The number of benzene rings is 2. The van der Waals surface area contributed by atoms with Gasteiger partial charge in [0.2, 0.25) is 0 Å². The Labute approximate surface area is 322 Å². The van der Waals surface area contributed by atoms with Crippen LogP contribution in [0.4, 0.5) is 11.4 Å². The molecule has 0 fully saturated rings. The Bertz CT molecular complexity index is 1720. The first-order chi connectivity index (χ1) is 26.3. The third-order valence-corrected chi connectivity index (χ3v) is 7.12. The summed E-state index contributed by atoms with van der Waals surface area (Å²) in [6.45, 7) is 5.82. The molecule has 0 heterocycles. The van der Waals surface area contributed by atoms with Crippen molar-refractivity contribution in [1.82, 2.24) is 0 Å². The number of carbonyl (C=O) groups excluding carboxylic acids is 4. The van der Waals surface area contributed by atoms with Gasteiger partial charge in [0.15, 0.2) is 13.2 Å². The Balaban J connectivity index is 2.36. The van der Waals surface area contributed by atoms with Crippen molar-refractivity contribution in [3.63, 3.8) is 0 Å². The van der Waals surface area contributed by atoms with Crippen molar-refractivity contribution in [3.05, 3.63) is 59.9 Å². The molecule has 2 rings (SSSR count). The summed E-state index contributed by atoms with van der Waals surface area (Å²) in [5.74, 6) is -9.24. The highest BCUT2D eigenvalue weighted by Crippen LogP contribution is 2.32. The monoisotopic (exact) mass is 790 g/mol. The van der Waals surface area contributed by atoms with E-state index in [-0.39, 0.29) is 54.9 Å². The van der Waals surface area contributed by atoms with Crippen LogP contribution in [0.2, 0.25) is 0 Å². The molecule has 0 aliphatic carbocycles. The lowest BCUT2D eigenvalue weighted by Crippen LogP contribution is -2.49. The van der Waals surface area contributed by atoms with Crippen molar-refractivity contribution in [2.75, 3.05) is 69.0 Å². The Morgan fingerprint density at radius 3 is 1.41 bits per heavy atom. The molecule has 0 unspecified atom stereocenters. The number of esters is 4. The average Bonchev–Trinajstić information content (AvgIpc) is 3.07. The number of rotatable bonds is 25. The summed E-state index contributed by atoms with van der Waals surface area (Å²) in [6, 6.07) is 9.54. The maximum atomic E-state index is 13.6. The largest absolute Gasteiger partial charge is 0.488 e. The van der Waals surface area contributed by atoms with Crippen LogP contribution in [0.1, 0.15) is 38.3 Å². The fourth-order valence-corrected chi connectivity index (χ4v) is 4.86. The molecule has 3 N–H and O–H groups in total. The number of aryl methyl sites for hydroxylation is 2. The zero-order valence-electron chi connectivity index (χ0n) is 31.7. The number of anilines is 2. The Morgan fingerprint density at radius 1 is 0.607 bits per heavy atom. The quantitative estimate of drug-likeness (QED) is 0.0429. The van der Waals surface area contributed by atoms with Crippen molar-refractivity contribution in [3.8, 4) is 11.5 Å². The second-order valence-electron chi connectivity index (χ2n) is 12.2. The van der Waals surface area contributed by atoms with Gasteiger partial charge in [-0.05, 0) is 49.2 Å². The van der Waals surface area contributed by atoms with Gasteiger partial charge in [-0.25, -0.2) is 0 Å². The zero-order valence-corrected chi connectivity index (χ0v) is 31.7. The molecular weight excluding hydrogens is 744 g/mol. The lowest BCUT2D eigenvalue weighted by atomic mass is 10.2. The van der Waals surface area contributed by atoms with Crippen LogP contribution < -0.4 is 19.3 Å². The van der Waals surface area contributed by atoms with Crippen LogP contribution in [0.3, 0.4) is 0 Å². The van der Waals surface area contributed by atoms with Gasteiger partial charge in [0.25, 0.3) is 0 Å². The maximum absolute atomic E-state index is 13.6. The zero-order chi connectivity index (χ0) is 42.0. The van der Waals surface area contributed by atoms with Crippen molar-refractivity contribution < 1.29 is 82.0 Å². The van der Waals surface area contributed by atoms with Crippen LogP contribution in [0.5, 0.6) is 11.5 Å². The Morgan fingerprint density at radius 2 is 1.02 bits per heavy atom. The molecule has 0 saturated heterocycles. The molecule has 19 heteroatoms. The highest BCUT2D eigenvalue weighted by molar-refractivity contribution is 5.83. The second kappa shape index (κ2) is 22.0. The third kappa shape index (κ3) is 16.6. The maximum Gasteiger partial charge on any atom is 0.329 e. The summed E-state index contributed by atoms with van der Waals surface area (Å²) in [5, 5.41) is 28.5. The van der Waals surface area contributed by atoms with Crippen molar-refractivity contribution >= 4 is 53.2 Å². The van der Waals surface area contributed by atoms with Crippen LogP contribution in [0.25, 0.3) is 0 Å². The van der Waals surface area contributed by atoms with Gasteiger partial charge < -0.3 is 58.3 Å². The van der Waals surface area contributed by atoms with Crippen molar-refractivity contribution in [2.24, 2.45) is 0 Å². The van der Waals surface area contributed by atoms with Gasteiger partial charge in [0.1, 0.15) is 50.9 Å². The van der Waals surface area contributed by atoms with E-state index in [0.717, 1.165) is 29.2 Å². The van der Waals surface area contributed by atoms with Gasteiger partial charge in [0, 0.05) is 27.2 Å². The molecular formula is C37H46N2O17. The standard InChI is InChI=1S/C37H46N2O17/c1-23-7-9-29(38(17-33(43)44)18-34(45)46)31(15-23)51-13-14-52-32-16-24(2)8-10-30(32)39(19-35(47)48)20-36(49)56-37(21-53-27(5)41,22-54-28(6)42)55-25(3)11-12-50-26(4)40/h7-10,15-16H,3,11-14,17-22H2,1-2,4-6H3,(H,43,44)(H,45,46)(H,47,48). The molecule has 0 aliphatic rings. The minimum Gasteiger partial charge on any atom is -0.488 e. The molecule has 0 atom stereocenters. The van der Waals surface area contributed by atoms with Gasteiger partial charge in [0.05, 0.1) is 23.7 Å². The number of hydrogen-bond acceptors (Lipinski definition) is 16. The van der Waals surface area contributed by atoms with Crippen LogP contribution >= 0.6 is 0 Å². The first-order valence-corrected chi connectivity index (χ1v) is 16.9. The smallest absolute Gasteiger partial charge is 0.329 e. The fourth-order valence-electron chi connectivity index (χ4n) is 4.86. The number of carboxylic acid groups (broad SMARTS) is 3. The molecule has 0 aliphatic heterocycles. The number of carboxylic acids is 3. The number of ether oxygens (including phenoxy) is 7. The summed E-state index contributed by atoms with van der Waals surface area (Å²) in [4.78, 5) is 85.5. The summed E-state index contributed by atoms with van der Waals surface area (Å²) < 4.78 is 38.3. The van der Waals surface area contributed by atoms with E-state index in [9.17, 15) is 48.9 Å². The van der Waals surface area contributed by atoms with Gasteiger partial charge in [-0.15, -0.1) is 0 Å². The first-order valence-electron chi connectivity index (χ1n) is 16.9. The Kier molecular flexibility index (Phi) is 17.9. The second-order valence-corrected chi connectivity index (χ2v) is 12.2. The molecule has 19 nitrogen and oxygen atoms in total. The van der Waals surface area contributed by atoms with E-state index in [1.165, 1.54) is 19.1 Å². The molecule has 306 valence electrons. The minimum absolute atomic E-state index is 0.0912. The normalized spacial score (nSPS) is 10.7. The average molecular weight is 791 g/mol. The van der Waals surface area contributed by atoms with Crippen LogP contribution in [0.15, 0.2) is 48.7 Å². The van der Waals surface area contributed by atoms with E-state index < -0.39 is 87.0 Å². The van der Waals surface area contributed by atoms with E-state index in [1.807, 2.05) is 0 Å². The topological polar surface area (TPSA) is 251 Å². The lowest BCUT2D eigenvalue weighted by molar-refractivity contribution is -0.252. The molecule has 2 aromatic rings. The van der Waals surface area contributed by atoms with E-state index in [0.29, 0.717) is 5.56 Å². The van der Waals surface area contributed by atoms with Gasteiger partial charge in [-0.3, -0.25) is 33.6 Å². The molecule has 0 saturated carbocycles. The van der Waals surface area contributed by atoms with E-state index >= 15 is 0 Å². The number of aliphatic carboxylic acids is 3. The van der Waals surface area contributed by atoms with Gasteiger partial charge >= 0.3 is 47.6 Å². The predicted molar refractivity (Wildman–Crippen MR) is 194 cm³/mol. The van der Waals surface area contributed by atoms with Crippen LogP contribution in [-0.2, 0) is 57.2 Å². The third-order valence-electron chi connectivity index (χ3n) is 7.12. The van der Waals surface area contributed by atoms with Crippen LogP contribution in [-0.4, -0.2) is 122 Å². The van der Waals surface area contributed by atoms with Crippen molar-refractivity contribution in [1.29, 1.82) is 0 Å². The van der Waals surface area contributed by atoms with E-state index in [2.05, 4.69) is 6.58 Å². The van der Waals surface area contributed by atoms with Crippen LogP contribution in [0, 0.1) is 13.8 Å². The first kappa shape index (κ1) is 45.6. The summed E-state index contributed by atoms with van der Waals surface area (Å²) in [6.07, 6.45) is -0.0912. The molecule has 2 aromatic carbocycles. The molecule has 0 spiro atoms. The van der Waals surface area contributed by atoms with Gasteiger partial charge in [-0.2, -0.15) is 0 Å². The molecule has 0 aromatic heterocycles. The number of hydrogen-bond donors (Lipinski definition) is 3. The number of nitrogens with zero attached hydrogens (tertiary/aromatic N) is 2. The molecule has 0 amide bonds. The fraction of sp³-hybridized carbons (Fsp3) is 0.432. The van der Waals surface area contributed by atoms with Crippen molar-refractivity contribution in [2.45, 2.75) is 46.8 Å². The number of carbonyl (C=O) groups is 7. The van der Waals surface area contributed by atoms with E-state index in [1.54, 1.807) is 38.1 Å². The van der Waals surface area contributed by atoms with E-state index in [4.69, 9.17) is 33.2 Å². The molecule has 0 radical (unpaired) electrons. The predicted octanol–water partition coefficient (Wildman–Crippen LogP) is 2.48. The highest BCUT2D eigenvalue weighted by atomic mass is 16.8. The SMILES string of the molecule is C=C(CCOC(C)=O)OC(COC(C)=O)(COC(C)=O)OC(=O)CN(CC(=O)O)c1ccc(C)cc1OCCOc1cc(C)ccc1N(CC(=O)O)CC(=O)O.